The Bertz CT molecular complexity index is 907. The second-order valence-electron chi connectivity index (χ2n) is 7.00. The molecule has 0 atom stereocenters. The maximum Gasteiger partial charge on any atom is 0.248 e. The zero-order valence-corrected chi connectivity index (χ0v) is 17.5. The smallest absolute Gasteiger partial charge is 0.248 e. The van der Waals surface area contributed by atoms with E-state index in [1.165, 1.54) is 28.7 Å². The average Bonchev–Trinajstić information content (AvgIpc) is 2.73. The van der Waals surface area contributed by atoms with Crippen molar-refractivity contribution in [2.75, 3.05) is 7.05 Å². The largest absolute Gasteiger partial charge is 0.366 e. The molecule has 1 fully saturated rings. The van der Waals surface area contributed by atoms with Gasteiger partial charge in [0.15, 0.2) is 0 Å². The van der Waals surface area contributed by atoms with Crippen molar-refractivity contribution in [3.63, 3.8) is 0 Å². The maximum absolute atomic E-state index is 12.9. The minimum atomic E-state index is -3.52. The van der Waals surface area contributed by atoms with Crippen LogP contribution in [0.2, 0.25) is 0 Å². The Hall–Kier alpha value is -1.90. The Labute approximate surface area is 170 Å². The molecule has 0 unspecified atom stereocenters. The lowest BCUT2D eigenvalue weighted by atomic mass is 9.96. The number of nitrogens with two attached hydrogens (primary N) is 1. The fourth-order valence-corrected chi connectivity index (χ4v) is 5.49. The molecule has 2 N–H and O–H groups in total. The summed E-state index contributed by atoms with van der Waals surface area (Å²) in [5.74, 6) is 0.219. The molecular weight excluding hydrogens is 394 g/mol. The second kappa shape index (κ2) is 9.07. The van der Waals surface area contributed by atoms with Gasteiger partial charge in [-0.3, -0.25) is 4.79 Å². The molecule has 1 heterocycles. The zero-order chi connectivity index (χ0) is 20.1. The van der Waals surface area contributed by atoms with Gasteiger partial charge in [-0.2, -0.15) is 4.31 Å². The van der Waals surface area contributed by atoms with Gasteiger partial charge < -0.3 is 5.73 Å². The third-order valence-electron chi connectivity index (χ3n) is 5.10. The molecule has 0 aliphatic heterocycles. The molecular formula is C20H25N3O3S2. The number of sulfonamides is 1. The standard InChI is InChI=1S/C20H25N3O3S2/c1-23(17-5-3-2-4-6-17)28(25,26)18-11-12-19(22-13-18)27-14-15-7-9-16(10-8-15)20(21)24/h7-13,17H,2-6,14H2,1H3,(H2,21,24). The Morgan fingerprint density at radius 2 is 1.82 bits per heavy atom. The number of aromatic nitrogens is 1. The summed E-state index contributed by atoms with van der Waals surface area (Å²) in [4.78, 5) is 15.7. The molecule has 1 aromatic carbocycles. The van der Waals surface area contributed by atoms with Crippen molar-refractivity contribution in [2.24, 2.45) is 5.73 Å². The number of primary amides is 1. The van der Waals surface area contributed by atoms with Crippen LogP contribution in [0.5, 0.6) is 0 Å². The third kappa shape index (κ3) is 4.92. The van der Waals surface area contributed by atoms with Crippen LogP contribution in [0, 0.1) is 0 Å². The van der Waals surface area contributed by atoms with Crippen molar-refractivity contribution in [1.82, 2.24) is 9.29 Å². The minimum absolute atomic E-state index is 0.0798. The molecule has 150 valence electrons. The van der Waals surface area contributed by atoms with Crippen LogP contribution in [0.3, 0.4) is 0 Å². The summed E-state index contributed by atoms with van der Waals surface area (Å²) in [6.45, 7) is 0. The van der Waals surface area contributed by atoms with E-state index in [9.17, 15) is 13.2 Å². The summed E-state index contributed by atoms with van der Waals surface area (Å²) in [5.41, 5.74) is 6.75. The van der Waals surface area contributed by atoms with Crippen molar-refractivity contribution < 1.29 is 13.2 Å². The highest BCUT2D eigenvalue weighted by Crippen LogP contribution is 2.27. The van der Waals surface area contributed by atoms with Gasteiger partial charge in [-0.15, -0.1) is 11.8 Å². The van der Waals surface area contributed by atoms with Gasteiger partial charge >= 0.3 is 0 Å². The Kier molecular flexibility index (Phi) is 6.74. The first kappa shape index (κ1) is 20.8. The summed E-state index contributed by atoms with van der Waals surface area (Å²) < 4.78 is 27.2. The summed E-state index contributed by atoms with van der Waals surface area (Å²) in [6.07, 6.45) is 6.63. The van der Waals surface area contributed by atoms with Crippen LogP contribution in [0.1, 0.15) is 48.0 Å². The molecule has 1 aromatic heterocycles. The number of carbonyl (C=O) groups excluding carboxylic acids is 1. The second-order valence-corrected chi connectivity index (χ2v) is 9.99. The fraction of sp³-hybridized carbons (Fsp3) is 0.400. The number of nitrogens with zero attached hydrogens (tertiary/aromatic N) is 2. The van der Waals surface area contributed by atoms with E-state index in [0.717, 1.165) is 36.3 Å². The Morgan fingerprint density at radius 3 is 2.39 bits per heavy atom. The molecule has 8 heteroatoms. The average molecular weight is 420 g/mol. The van der Waals surface area contributed by atoms with Gasteiger partial charge in [0.05, 0.1) is 5.03 Å². The molecule has 6 nitrogen and oxygen atoms in total. The van der Waals surface area contributed by atoms with E-state index in [1.807, 2.05) is 12.1 Å². The number of thioether (sulfide) groups is 1. The van der Waals surface area contributed by atoms with Crippen molar-refractivity contribution >= 4 is 27.7 Å². The van der Waals surface area contributed by atoms with Crippen molar-refractivity contribution in [2.45, 2.75) is 53.8 Å². The van der Waals surface area contributed by atoms with Gasteiger partial charge in [0, 0.05) is 30.6 Å². The molecule has 0 saturated heterocycles. The fourth-order valence-electron chi connectivity index (χ4n) is 3.33. The number of carbonyl (C=O) groups is 1. The van der Waals surface area contributed by atoms with Gasteiger partial charge in [-0.25, -0.2) is 13.4 Å². The number of hydrogen-bond acceptors (Lipinski definition) is 5. The van der Waals surface area contributed by atoms with E-state index >= 15 is 0 Å². The van der Waals surface area contributed by atoms with Crippen LogP contribution in [-0.2, 0) is 15.8 Å². The topological polar surface area (TPSA) is 93.4 Å². The summed E-state index contributed by atoms with van der Waals surface area (Å²) in [5, 5.41) is 0.748. The first-order valence-corrected chi connectivity index (χ1v) is 11.8. The number of benzene rings is 1. The summed E-state index contributed by atoms with van der Waals surface area (Å²) in [7, 11) is -1.85. The minimum Gasteiger partial charge on any atom is -0.366 e. The van der Waals surface area contributed by atoms with Crippen LogP contribution in [0.4, 0.5) is 0 Å². The highest BCUT2D eigenvalue weighted by atomic mass is 32.2. The molecule has 1 amide bonds. The molecule has 0 spiro atoms. The molecule has 1 aliphatic rings. The van der Waals surface area contributed by atoms with E-state index in [1.54, 1.807) is 31.3 Å². The summed E-state index contributed by atoms with van der Waals surface area (Å²) in [6, 6.07) is 10.5. The third-order valence-corrected chi connectivity index (χ3v) is 8.01. The first-order valence-electron chi connectivity index (χ1n) is 9.33. The van der Waals surface area contributed by atoms with Crippen molar-refractivity contribution in [1.29, 1.82) is 0 Å². The lowest BCUT2D eigenvalue weighted by Crippen LogP contribution is -2.38. The highest BCUT2D eigenvalue weighted by molar-refractivity contribution is 7.98. The van der Waals surface area contributed by atoms with Gasteiger partial charge in [0.2, 0.25) is 15.9 Å². The van der Waals surface area contributed by atoms with E-state index in [-0.39, 0.29) is 10.9 Å². The van der Waals surface area contributed by atoms with Gasteiger partial charge in [-0.1, -0.05) is 31.4 Å². The Balaban J connectivity index is 1.63. The number of hydrogen-bond donors (Lipinski definition) is 1. The summed E-state index contributed by atoms with van der Waals surface area (Å²) >= 11 is 1.51. The highest BCUT2D eigenvalue weighted by Gasteiger charge is 2.29. The van der Waals surface area contributed by atoms with Crippen molar-refractivity contribution in [3.05, 3.63) is 53.7 Å². The molecule has 2 aromatic rings. The van der Waals surface area contributed by atoms with Crippen molar-refractivity contribution in [3.8, 4) is 0 Å². The SMILES string of the molecule is CN(C1CCCCC1)S(=O)(=O)c1ccc(SCc2ccc(C(N)=O)cc2)nc1. The molecule has 0 bridgehead atoms. The molecule has 28 heavy (non-hydrogen) atoms. The zero-order valence-electron chi connectivity index (χ0n) is 15.9. The van der Waals surface area contributed by atoms with Gasteiger partial charge in [0.25, 0.3) is 0 Å². The number of amides is 1. The van der Waals surface area contributed by atoms with Gasteiger partial charge in [-0.05, 0) is 42.7 Å². The quantitative estimate of drug-likeness (QED) is 0.694. The molecule has 3 rings (SSSR count). The van der Waals surface area contributed by atoms with Crippen LogP contribution < -0.4 is 5.73 Å². The van der Waals surface area contributed by atoms with E-state index in [4.69, 9.17) is 5.73 Å². The van der Waals surface area contributed by atoms with Crippen LogP contribution in [-0.4, -0.2) is 36.7 Å². The Morgan fingerprint density at radius 1 is 1.14 bits per heavy atom. The normalized spacial score (nSPS) is 15.6. The molecule has 1 saturated carbocycles. The van der Waals surface area contributed by atoms with Crippen LogP contribution >= 0.6 is 11.8 Å². The predicted octanol–water partition coefficient (Wildman–Crippen LogP) is 3.43. The van der Waals surface area contributed by atoms with Gasteiger partial charge in [0.1, 0.15) is 4.90 Å². The van der Waals surface area contributed by atoms with E-state index < -0.39 is 15.9 Å². The van der Waals surface area contributed by atoms with E-state index in [0.29, 0.717) is 11.3 Å². The number of rotatable bonds is 7. The molecule has 1 aliphatic carbocycles. The van der Waals surface area contributed by atoms with E-state index in [2.05, 4.69) is 4.98 Å². The maximum atomic E-state index is 12.9. The predicted molar refractivity (Wildman–Crippen MR) is 111 cm³/mol. The van der Waals surface area contributed by atoms with Crippen LogP contribution in [0.15, 0.2) is 52.5 Å². The first-order chi connectivity index (χ1) is 13.4. The number of pyridine rings is 1. The lowest BCUT2D eigenvalue weighted by Gasteiger charge is -2.30. The van der Waals surface area contributed by atoms with Crippen LogP contribution in [0.25, 0.3) is 0 Å². The lowest BCUT2D eigenvalue weighted by molar-refractivity contribution is 0.100. The monoisotopic (exact) mass is 419 g/mol. The molecule has 0 radical (unpaired) electrons.